The van der Waals surface area contributed by atoms with Crippen molar-refractivity contribution in [2.24, 2.45) is 0 Å². The van der Waals surface area contributed by atoms with Gasteiger partial charge >= 0.3 is 5.97 Å². The van der Waals surface area contributed by atoms with Crippen LogP contribution in [0.3, 0.4) is 0 Å². The molecular weight excluding hydrogens is 378 g/mol. The molecule has 7 nitrogen and oxygen atoms in total. The molecule has 0 saturated heterocycles. The molecule has 1 N–H and O–H groups in total. The Morgan fingerprint density at radius 2 is 1.96 bits per heavy atom. The van der Waals surface area contributed by atoms with Crippen LogP contribution in [0.25, 0.3) is 10.8 Å². The molecule has 3 aromatic rings. The minimum Gasteiger partial charge on any atom is -0.451 e. The van der Waals surface area contributed by atoms with Gasteiger partial charge in [-0.3, -0.25) is 4.79 Å². The van der Waals surface area contributed by atoms with Crippen LogP contribution < -0.4 is 5.32 Å². The topological polar surface area (TPSA) is 94.1 Å². The van der Waals surface area contributed by atoms with Crippen LogP contribution in [0.4, 0.5) is 14.5 Å². The Bertz CT molecular complexity index is 995. The average Bonchev–Trinajstić information content (AvgIpc) is 3.05. The second-order valence-electron chi connectivity index (χ2n) is 5.25. The van der Waals surface area contributed by atoms with E-state index in [9.17, 15) is 18.4 Å². The molecule has 0 aliphatic rings. The van der Waals surface area contributed by atoms with Crippen LogP contribution in [-0.2, 0) is 9.53 Å². The van der Waals surface area contributed by atoms with E-state index in [0.29, 0.717) is 16.5 Å². The molecule has 0 spiro atoms. The summed E-state index contributed by atoms with van der Waals surface area (Å²) >= 11 is 1.03. The first-order chi connectivity index (χ1) is 12.9. The molecule has 0 radical (unpaired) electrons. The van der Waals surface area contributed by atoms with Gasteiger partial charge in [0.05, 0.1) is 11.4 Å². The van der Waals surface area contributed by atoms with Crippen molar-refractivity contribution in [1.82, 2.24) is 15.0 Å². The maximum Gasteiger partial charge on any atom is 0.350 e. The fourth-order valence-electron chi connectivity index (χ4n) is 2.07. The molecule has 10 heteroatoms. The number of nitrogens with zero attached hydrogens (tertiary/aromatic N) is 3. The van der Waals surface area contributed by atoms with E-state index in [4.69, 9.17) is 4.74 Å². The Kier molecular flexibility index (Phi) is 5.46. The molecule has 0 fully saturated rings. The van der Waals surface area contributed by atoms with Crippen molar-refractivity contribution in [3.05, 3.63) is 58.9 Å². The highest BCUT2D eigenvalue weighted by Gasteiger charge is 2.20. The highest BCUT2D eigenvalue weighted by atomic mass is 32.1. The number of hydrogen-bond donors (Lipinski definition) is 1. The van der Waals surface area contributed by atoms with Crippen LogP contribution in [0.15, 0.2) is 36.7 Å². The number of anilines is 1. The molecule has 0 saturated carbocycles. The monoisotopic (exact) mass is 390 g/mol. The van der Waals surface area contributed by atoms with E-state index in [0.717, 1.165) is 29.5 Å². The summed E-state index contributed by atoms with van der Waals surface area (Å²) in [6.07, 6.45) is 3.10. The molecule has 0 bridgehead atoms. The maximum absolute atomic E-state index is 13.5. The number of carbonyl (C=O) groups excluding carboxylic acids is 2. The highest BCUT2D eigenvalue weighted by Crippen LogP contribution is 2.25. The van der Waals surface area contributed by atoms with Crippen molar-refractivity contribution >= 4 is 28.9 Å². The summed E-state index contributed by atoms with van der Waals surface area (Å²) in [6, 6.07) is 4.28. The number of halogens is 2. The van der Waals surface area contributed by atoms with Crippen molar-refractivity contribution in [1.29, 1.82) is 0 Å². The number of carbonyl (C=O) groups is 2. The van der Waals surface area contributed by atoms with Gasteiger partial charge in [0.15, 0.2) is 17.4 Å². The second-order valence-corrected chi connectivity index (χ2v) is 6.25. The first-order valence-electron chi connectivity index (χ1n) is 7.61. The smallest absolute Gasteiger partial charge is 0.350 e. The summed E-state index contributed by atoms with van der Waals surface area (Å²) in [6.45, 7) is 0.949. The minimum absolute atomic E-state index is 0.196. The Balaban J connectivity index is 1.63. The van der Waals surface area contributed by atoms with Crippen LogP contribution in [0.2, 0.25) is 0 Å². The number of aromatic nitrogens is 3. The molecule has 0 atom stereocenters. The van der Waals surface area contributed by atoms with E-state index < -0.39 is 30.1 Å². The second kappa shape index (κ2) is 7.96. The van der Waals surface area contributed by atoms with Crippen molar-refractivity contribution < 1.29 is 23.1 Å². The van der Waals surface area contributed by atoms with E-state index in [1.54, 1.807) is 25.4 Å². The molecule has 138 valence electrons. The molecule has 0 aliphatic heterocycles. The molecule has 1 amide bonds. The number of amides is 1. The fraction of sp³-hybridized carbons (Fsp3) is 0.118. The van der Waals surface area contributed by atoms with Gasteiger partial charge in [0, 0.05) is 18.5 Å². The third kappa shape index (κ3) is 4.47. The first kappa shape index (κ1) is 18.5. The van der Waals surface area contributed by atoms with Gasteiger partial charge in [-0.2, -0.15) is 0 Å². The lowest BCUT2D eigenvalue weighted by atomic mass is 10.3. The van der Waals surface area contributed by atoms with Crippen molar-refractivity contribution in [2.45, 2.75) is 6.92 Å². The average molecular weight is 390 g/mol. The molecule has 1 aromatic carbocycles. The highest BCUT2D eigenvalue weighted by molar-refractivity contribution is 7.16. The maximum atomic E-state index is 13.5. The van der Waals surface area contributed by atoms with Gasteiger partial charge < -0.3 is 10.1 Å². The van der Waals surface area contributed by atoms with Gasteiger partial charge in [-0.1, -0.05) is 0 Å². The number of aryl methyl sites for hydroxylation is 1. The zero-order chi connectivity index (χ0) is 19.4. The first-order valence-corrected chi connectivity index (χ1v) is 8.42. The number of esters is 1. The number of rotatable bonds is 5. The number of thiazole rings is 1. The largest absolute Gasteiger partial charge is 0.451 e. The van der Waals surface area contributed by atoms with Gasteiger partial charge in [0.1, 0.15) is 16.5 Å². The van der Waals surface area contributed by atoms with Crippen molar-refractivity contribution in [3.63, 3.8) is 0 Å². The predicted octanol–water partition coefficient (Wildman–Crippen LogP) is 2.98. The summed E-state index contributed by atoms with van der Waals surface area (Å²) < 4.78 is 31.5. The lowest BCUT2D eigenvalue weighted by molar-refractivity contribution is -0.119. The third-order valence-corrected chi connectivity index (χ3v) is 4.41. The summed E-state index contributed by atoms with van der Waals surface area (Å²) in [7, 11) is 0. The Morgan fingerprint density at radius 3 is 2.70 bits per heavy atom. The van der Waals surface area contributed by atoms with Crippen LogP contribution in [0.5, 0.6) is 0 Å². The standard InChI is InChI=1S/C17H12F2N4O3S/c1-9-14(27-16(22-9)15-20-5-2-6-21-15)17(25)26-8-13(24)23-12-7-10(18)3-4-11(12)19/h2-7H,8H2,1H3,(H,23,24). The zero-order valence-electron chi connectivity index (χ0n) is 13.9. The molecule has 2 heterocycles. The van der Waals surface area contributed by atoms with Gasteiger partial charge in [0.25, 0.3) is 5.91 Å². The van der Waals surface area contributed by atoms with E-state index in [-0.39, 0.29) is 10.6 Å². The normalized spacial score (nSPS) is 10.5. The molecular formula is C17H12F2N4O3S. The van der Waals surface area contributed by atoms with Gasteiger partial charge in [-0.15, -0.1) is 11.3 Å². The van der Waals surface area contributed by atoms with E-state index >= 15 is 0 Å². The molecule has 0 aliphatic carbocycles. The lowest BCUT2D eigenvalue weighted by Gasteiger charge is -2.07. The quantitative estimate of drug-likeness (QED) is 0.673. The number of ether oxygens (including phenoxy) is 1. The van der Waals surface area contributed by atoms with E-state index in [2.05, 4.69) is 20.3 Å². The molecule has 2 aromatic heterocycles. The van der Waals surface area contributed by atoms with Crippen molar-refractivity contribution in [3.8, 4) is 10.8 Å². The third-order valence-electron chi connectivity index (χ3n) is 3.28. The predicted molar refractivity (Wildman–Crippen MR) is 93.1 cm³/mol. The summed E-state index contributed by atoms with van der Waals surface area (Å²) in [5, 5.41) is 2.58. The molecule has 3 rings (SSSR count). The Morgan fingerprint density at radius 1 is 1.22 bits per heavy atom. The molecule has 27 heavy (non-hydrogen) atoms. The van der Waals surface area contributed by atoms with Gasteiger partial charge in [-0.25, -0.2) is 28.5 Å². The summed E-state index contributed by atoms with van der Waals surface area (Å²) in [4.78, 5) is 36.5. The fourth-order valence-corrected chi connectivity index (χ4v) is 2.98. The Hall–Kier alpha value is -3.27. The number of nitrogens with one attached hydrogen (secondary N) is 1. The van der Waals surface area contributed by atoms with Gasteiger partial charge in [0.2, 0.25) is 0 Å². The summed E-state index contributed by atoms with van der Waals surface area (Å²) in [5.41, 5.74) is 0.0672. The minimum atomic E-state index is -0.804. The van der Waals surface area contributed by atoms with E-state index in [1.807, 2.05) is 0 Å². The molecule has 0 unspecified atom stereocenters. The van der Waals surface area contributed by atoms with Crippen LogP contribution in [0, 0.1) is 18.6 Å². The summed E-state index contributed by atoms with van der Waals surface area (Å²) in [5.74, 6) is -2.71. The van der Waals surface area contributed by atoms with Gasteiger partial charge in [-0.05, 0) is 25.1 Å². The zero-order valence-corrected chi connectivity index (χ0v) is 14.7. The number of benzene rings is 1. The van der Waals surface area contributed by atoms with Crippen LogP contribution in [0.1, 0.15) is 15.4 Å². The lowest BCUT2D eigenvalue weighted by Crippen LogP contribution is -2.21. The Labute approximate surface area is 156 Å². The van der Waals surface area contributed by atoms with Crippen molar-refractivity contribution in [2.75, 3.05) is 11.9 Å². The van der Waals surface area contributed by atoms with E-state index in [1.165, 1.54) is 0 Å². The SMILES string of the molecule is Cc1nc(-c2ncccn2)sc1C(=O)OCC(=O)Nc1cc(F)ccc1F. The number of hydrogen-bond acceptors (Lipinski definition) is 7. The van der Waals surface area contributed by atoms with Crippen LogP contribution >= 0.6 is 11.3 Å². The van der Waals surface area contributed by atoms with Crippen LogP contribution in [-0.4, -0.2) is 33.4 Å².